The first-order valence-electron chi connectivity index (χ1n) is 10.3. The summed E-state index contributed by atoms with van der Waals surface area (Å²) < 4.78 is 0. The second-order valence-corrected chi connectivity index (χ2v) is 9.52. The van der Waals surface area contributed by atoms with Gasteiger partial charge in [-0.3, -0.25) is 4.79 Å². The Kier molecular flexibility index (Phi) is 4.12. The second-order valence-electron chi connectivity index (χ2n) is 9.52. The lowest BCUT2D eigenvalue weighted by atomic mass is 9.48. The van der Waals surface area contributed by atoms with Crippen LogP contribution in [0.15, 0.2) is 12.2 Å². The van der Waals surface area contributed by atoms with E-state index >= 15 is 0 Å². The van der Waals surface area contributed by atoms with Gasteiger partial charge in [0.1, 0.15) is 0 Å². The minimum Gasteiger partial charge on any atom is -0.341 e. The molecule has 0 radical (unpaired) electrons. The molecule has 0 aromatic carbocycles. The minimum absolute atomic E-state index is 0.0509. The van der Waals surface area contributed by atoms with E-state index in [4.69, 9.17) is 0 Å². The van der Waals surface area contributed by atoms with Crippen LogP contribution in [-0.2, 0) is 4.79 Å². The molecule has 3 fully saturated rings. The zero-order valence-electron chi connectivity index (χ0n) is 16.5. The third kappa shape index (κ3) is 2.35. The summed E-state index contributed by atoms with van der Waals surface area (Å²) >= 11 is 0. The molecule has 3 saturated carbocycles. The van der Waals surface area contributed by atoms with E-state index < -0.39 is 0 Å². The predicted octanol–water partition coefficient (Wildman–Crippen LogP) is 2.92. The van der Waals surface area contributed by atoms with Crippen molar-refractivity contribution in [3.05, 3.63) is 12.2 Å². The van der Waals surface area contributed by atoms with Gasteiger partial charge in [0.05, 0.1) is 0 Å². The van der Waals surface area contributed by atoms with Gasteiger partial charge in [-0.25, -0.2) is 4.79 Å². The smallest absolute Gasteiger partial charge is 0.314 e. The number of fused-ring (bicyclic) bond motifs is 5. The van der Waals surface area contributed by atoms with E-state index in [1.54, 1.807) is 13.1 Å². The van der Waals surface area contributed by atoms with Crippen LogP contribution in [-0.4, -0.2) is 43.0 Å². The second kappa shape index (κ2) is 6.00. The average Bonchev–Trinajstić information content (AvgIpc) is 2.95. The Morgan fingerprint density at radius 1 is 1.15 bits per heavy atom. The molecule has 2 N–H and O–H groups in total. The number of rotatable bonds is 1. The fraction of sp³-hybridized carbons (Fsp3) is 0.810. The maximum absolute atomic E-state index is 12.2. The molecule has 0 aromatic heterocycles. The Balaban J connectivity index is 1.60. The van der Waals surface area contributed by atoms with Crippen LogP contribution in [0, 0.1) is 28.6 Å². The fourth-order valence-corrected chi connectivity index (χ4v) is 7.21. The van der Waals surface area contributed by atoms with E-state index in [9.17, 15) is 9.59 Å². The summed E-state index contributed by atoms with van der Waals surface area (Å²) in [6, 6.07) is 0.571. The zero-order valence-corrected chi connectivity index (χ0v) is 16.5. The molecule has 4 aliphatic rings. The molecule has 3 amide bonds. The predicted molar refractivity (Wildman–Crippen MR) is 101 cm³/mol. The summed E-state index contributed by atoms with van der Waals surface area (Å²) in [5.74, 6) is 2.18. The Bertz CT molecular complexity index is 647. The monoisotopic (exact) mass is 359 g/mol. The number of nitrogens with one attached hydrogen (secondary N) is 2. The lowest BCUT2D eigenvalue weighted by molar-refractivity contribution is -0.138. The van der Waals surface area contributed by atoms with Gasteiger partial charge >= 0.3 is 6.03 Å². The Hall–Kier alpha value is -1.52. The Labute approximate surface area is 157 Å². The van der Waals surface area contributed by atoms with Crippen molar-refractivity contribution in [2.24, 2.45) is 28.6 Å². The van der Waals surface area contributed by atoms with E-state index in [0.29, 0.717) is 23.8 Å². The van der Waals surface area contributed by atoms with Gasteiger partial charge < -0.3 is 15.5 Å². The molecule has 0 aromatic rings. The molecule has 5 heteroatoms. The normalized spacial score (nSPS) is 47.0. The molecule has 0 saturated heterocycles. The van der Waals surface area contributed by atoms with Crippen LogP contribution >= 0.6 is 0 Å². The summed E-state index contributed by atoms with van der Waals surface area (Å²) in [6.45, 7) is 4.79. The SMILES string of the molecule is CNC(=O)NC1CC[C@H]2[C@@H]3CCC4N(C)C(=O)C=C[C@]4(C)[C@@H]3CC[C@]12C. The number of nitrogens with zero attached hydrogens (tertiary/aromatic N) is 1. The average molecular weight is 360 g/mol. The van der Waals surface area contributed by atoms with Crippen LogP contribution in [0.3, 0.4) is 0 Å². The number of urea groups is 1. The zero-order chi connectivity index (χ0) is 18.7. The first-order chi connectivity index (χ1) is 12.3. The molecule has 0 bridgehead atoms. The van der Waals surface area contributed by atoms with Crippen LogP contribution in [0.4, 0.5) is 4.79 Å². The van der Waals surface area contributed by atoms with Crippen molar-refractivity contribution >= 4 is 11.9 Å². The third-order valence-electron chi connectivity index (χ3n) is 8.66. The van der Waals surface area contributed by atoms with Crippen LogP contribution < -0.4 is 10.6 Å². The molecule has 4 rings (SSSR count). The molecule has 3 aliphatic carbocycles. The molecule has 144 valence electrons. The minimum atomic E-state index is -0.0509. The Morgan fingerprint density at radius 3 is 2.65 bits per heavy atom. The maximum atomic E-state index is 12.2. The standard InChI is InChI=1S/C21H33N3O2/c1-20-11-9-15-13(14(20)6-7-16(20)23-19(26)22-3)5-8-17-21(15,2)12-10-18(25)24(17)4/h10,12-17H,5-9,11H2,1-4H3,(H2,22,23,26)/t13-,14-,15+,16?,17?,20-,21+/m0/s1. The summed E-state index contributed by atoms with van der Waals surface area (Å²) in [7, 11) is 3.66. The van der Waals surface area contributed by atoms with Gasteiger partial charge in [0.25, 0.3) is 0 Å². The highest BCUT2D eigenvalue weighted by Gasteiger charge is 2.60. The summed E-state index contributed by atoms with van der Waals surface area (Å²) in [5, 5.41) is 5.94. The summed E-state index contributed by atoms with van der Waals surface area (Å²) in [6.07, 6.45) is 11.0. The van der Waals surface area contributed by atoms with E-state index in [2.05, 4.69) is 30.6 Å². The van der Waals surface area contributed by atoms with Crippen molar-refractivity contribution in [1.29, 1.82) is 0 Å². The van der Waals surface area contributed by atoms with Crippen molar-refractivity contribution in [2.75, 3.05) is 14.1 Å². The van der Waals surface area contributed by atoms with E-state index in [1.165, 1.54) is 25.7 Å². The lowest BCUT2D eigenvalue weighted by Crippen LogP contribution is -2.60. The number of amides is 3. The summed E-state index contributed by atoms with van der Waals surface area (Å²) in [5.41, 5.74) is 0.302. The first kappa shape index (κ1) is 17.9. The van der Waals surface area contributed by atoms with Gasteiger partial charge in [-0.2, -0.15) is 0 Å². The van der Waals surface area contributed by atoms with Crippen LogP contribution in [0.1, 0.15) is 52.4 Å². The lowest BCUT2D eigenvalue weighted by Gasteiger charge is -2.60. The highest BCUT2D eigenvalue weighted by molar-refractivity contribution is 5.89. The molecular weight excluding hydrogens is 326 g/mol. The topological polar surface area (TPSA) is 61.4 Å². The van der Waals surface area contributed by atoms with E-state index in [0.717, 1.165) is 12.8 Å². The number of likely N-dealkylation sites (N-methyl/N-ethyl adjacent to an activating group) is 1. The molecule has 2 unspecified atom stereocenters. The number of hydrogen-bond donors (Lipinski definition) is 2. The molecular formula is C21H33N3O2. The van der Waals surface area contributed by atoms with Gasteiger partial charge in [-0.15, -0.1) is 0 Å². The Morgan fingerprint density at radius 2 is 1.92 bits per heavy atom. The van der Waals surface area contributed by atoms with Gasteiger partial charge in [-0.05, 0) is 67.8 Å². The van der Waals surface area contributed by atoms with Gasteiger partial charge in [0.2, 0.25) is 5.91 Å². The molecule has 7 atom stereocenters. The summed E-state index contributed by atoms with van der Waals surface area (Å²) in [4.78, 5) is 26.0. The first-order valence-corrected chi connectivity index (χ1v) is 10.3. The highest BCUT2D eigenvalue weighted by Crippen LogP contribution is 2.63. The van der Waals surface area contributed by atoms with Crippen molar-refractivity contribution in [3.8, 4) is 0 Å². The maximum Gasteiger partial charge on any atom is 0.314 e. The largest absolute Gasteiger partial charge is 0.341 e. The molecule has 0 spiro atoms. The molecule has 5 nitrogen and oxygen atoms in total. The van der Waals surface area contributed by atoms with Crippen LogP contribution in [0.25, 0.3) is 0 Å². The molecule has 1 heterocycles. The number of hydrogen-bond acceptors (Lipinski definition) is 2. The van der Waals surface area contributed by atoms with E-state index in [-0.39, 0.29) is 28.8 Å². The van der Waals surface area contributed by atoms with Crippen molar-refractivity contribution in [1.82, 2.24) is 15.5 Å². The van der Waals surface area contributed by atoms with E-state index in [1.807, 2.05) is 11.9 Å². The molecule has 26 heavy (non-hydrogen) atoms. The van der Waals surface area contributed by atoms with Crippen molar-refractivity contribution in [3.63, 3.8) is 0 Å². The number of carbonyl (C=O) groups is 2. The quantitative estimate of drug-likeness (QED) is 0.756. The van der Waals surface area contributed by atoms with Gasteiger partial charge in [0.15, 0.2) is 0 Å². The van der Waals surface area contributed by atoms with Gasteiger partial charge in [-0.1, -0.05) is 19.9 Å². The fourth-order valence-electron chi connectivity index (χ4n) is 7.21. The van der Waals surface area contributed by atoms with Crippen LogP contribution in [0.5, 0.6) is 0 Å². The van der Waals surface area contributed by atoms with Crippen molar-refractivity contribution < 1.29 is 9.59 Å². The van der Waals surface area contributed by atoms with Crippen LogP contribution in [0.2, 0.25) is 0 Å². The highest BCUT2D eigenvalue weighted by atomic mass is 16.2. The van der Waals surface area contributed by atoms with Gasteiger partial charge in [0, 0.05) is 31.6 Å². The van der Waals surface area contributed by atoms with Crippen molar-refractivity contribution in [2.45, 2.75) is 64.5 Å². The third-order valence-corrected chi connectivity index (χ3v) is 8.66. The molecule has 1 aliphatic heterocycles. The number of carbonyl (C=O) groups excluding carboxylic acids is 2.